The predicted octanol–water partition coefficient (Wildman–Crippen LogP) is 1.26. The molecule has 0 N–H and O–H groups in total. The van der Waals surface area contributed by atoms with Gasteiger partial charge in [-0.2, -0.15) is 0 Å². The fraction of sp³-hybridized carbons (Fsp3) is 0.500. The summed E-state index contributed by atoms with van der Waals surface area (Å²) >= 11 is 0. The van der Waals surface area contributed by atoms with E-state index in [1.807, 2.05) is 25.5 Å². The second-order valence-electron chi connectivity index (χ2n) is 2.74. The van der Waals surface area contributed by atoms with Crippen LogP contribution in [0.25, 0.3) is 0 Å². The third-order valence-electron chi connectivity index (χ3n) is 1.48. The second kappa shape index (κ2) is 2.78. The highest BCUT2D eigenvalue weighted by atomic mass is 15.0. The molecule has 1 heterocycles. The Kier molecular flexibility index (Phi) is 2.00. The van der Waals surface area contributed by atoms with Gasteiger partial charge in [0.2, 0.25) is 0 Å². The van der Waals surface area contributed by atoms with Crippen LogP contribution in [0.5, 0.6) is 0 Å². The van der Waals surface area contributed by atoms with E-state index >= 15 is 0 Å². The van der Waals surface area contributed by atoms with Gasteiger partial charge in [0, 0.05) is 13.0 Å². The van der Waals surface area contributed by atoms with Crippen LogP contribution in [-0.4, -0.2) is 4.98 Å². The van der Waals surface area contributed by atoms with Gasteiger partial charge < -0.3 is 0 Å². The smallest absolute Gasteiger partial charge is 0.235 e. The van der Waals surface area contributed by atoms with Crippen molar-refractivity contribution in [1.82, 2.24) is 4.98 Å². The zero-order chi connectivity index (χ0) is 7.56. The maximum absolute atomic E-state index is 4.16. The SMILES string of the molecule is Cc1cc[n+](C(C)C)cn1. The molecule has 0 fully saturated rings. The summed E-state index contributed by atoms with van der Waals surface area (Å²) < 4.78 is 2.08. The minimum absolute atomic E-state index is 0.507. The molecule has 0 spiro atoms. The van der Waals surface area contributed by atoms with Gasteiger partial charge >= 0.3 is 0 Å². The third kappa shape index (κ3) is 1.53. The minimum atomic E-state index is 0.507. The van der Waals surface area contributed by atoms with E-state index in [0.717, 1.165) is 5.69 Å². The van der Waals surface area contributed by atoms with Crippen LogP contribution in [-0.2, 0) is 0 Å². The Morgan fingerprint density at radius 3 is 2.60 bits per heavy atom. The first-order valence-electron chi connectivity index (χ1n) is 3.53. The molecule has 2 nitrogen and oxygen atoms in total. The molecule has 0 aliphatic carbocycles. The first-order chi connectivity index (χ1) is 4.70. The lowest BCUT2D eigenvalue weighted by molar-refractivity contribution is -0.719. The molecule has 1 rings (SSSR count). The Morgan fingerprint density at radius 2 is 2.20 bits per heavy atom. The van der Waals surface area contributed by atoms with Crippen molar-refractivity contribution in [1.29, 1.82) is 0 Å². The second-order valence-corrected chi connectivity index (χ2v) is 2.74. The van der Waals surface area contributed by atoms with Gasteiger partial charge in [0.05, 0.1) is 12.2 Å². The highest BCUT2D eigenvalue weighted by molar-refractivity contribution is 4.89. The molecule has 0 aromatic carbocycles. The van der Waals surface area contributed by atoms with Gasteiger partial charge in [-0.25, -0.2) is 4.57 Å². The van der Waals surface area contributed by atoms with Crippen molar-refractivity contribution in [3.63, 3.8) is 0 Å². The molecule has 0 radical (unpaired) electrons. The van der Waals surface area contributed by atoms with Crippen LogP contribution in [0, 0.1) is 6.92 Å². The summed E-state index contributed by atoms with van der Waals surface area (Å²) in [7, 11) is 0. The molecule has 0 aliphatic heterocycles. The summed E-state index contributed by atoms with van der Waals surface area (Å²) in [6.45, 7) is 6.26. The molecule has 1 aromatic rings. The van der Waals surface area contributed by atoms with E-state index in [2.05, 4.69) is 23.4 Å². The standard InChI is InChI=1S/C8H13N2/c1-7(2)10-5-4-8(3)9-6-10/h4-7H,1-3H3/q+1. The van der Waals surface area contributed by atoms with Crippen LogP contribution >= 0.6 is 0 Å². The van der Waals surface area contributed by atoms with Crippen molar-refractivity contribution in [3.05, 3.63) is 24.3 Å². The Hall–Kier alpha value is -0.920. The Balaban J connectivity index is 2.89. The fourth-order valence-corrected chi connectivity index (χ4v) is 0.739. The molecular weight excluding hydrogens is 124 g/mol. The normalized spacial score (nSPS) is 10.4. The van der Waals surface area contributed by atoms with Crippen LogP contribution in [0.2, 0.25) is 0 Å². The lowest BCUT2D eigenvalue weighted by Crippen LogP contribution is -2.35. The topological polar surface area (TPSA) is 16.8 Å². The largest absolute Gasteiger partial charge is 0.286 e. The van der Waals surface area contributed by atoms with Gasteiger partial charge in [0.1, 0.15) is 0 Å². The molecule has 1 aromatic heterocycles. The molecule has 2 heteroatoms. The van der Waals surface area contributed by atoms with Crippen molar-refractivity contribution in [2.45, 2.75) is 26.8 Å². The molecule has 0 atom stereocenters. The quantitative estimate of drug-likeness (QED) is 0.532. The summed E-state index contributed by atoms with van der Waals surface area (Å²) in [6, 6.07) is 2.52. The lowest BCUT2D eigenvalue weighted by Gasteiger charge is -1.99. The number of hydrogen-bond acceptors (Lipinski definition) is 1. The number of nitrogens with zero attached hydrogens (tertiary/aromatic N) is 2. The summed E-state index contributed by atoms with van der Waals surface area (Å²) in [6.07, 6.45) is 3.91. The van der Waals surface area contributed by atoms with E-state index in [4.69, 9.17) is 0 Å². The molecule has 0 amide bonds. The molecule has 0 saturated heterocycles. The lowest BCUT2D eigenvalue weighted by atomic mass is 10.4. The van der Waals surface area contributed by atoms with Crippen LogP contribution in [0.1, 0.15) is 25.6 Å². The summed E-state index contributed by atoms with van der Waals surface area (Å²) in [5.41, 5.74) is 1.07. The van der Waals surface area contributed by atoms with Crippen LogP contribution < -0.4 is 4.57 Å². The van der Waals surface area contributed by atoms with Gasteiger partial charge in [-0.3, -0.25) is 0 Å². The average molecular weight is 137 g/mol. The minimum Gasteiger partial charge on any atom is -0.235 e. The summed E-state index contributed by atoms with van der Waals surface area (Å²) in [4.78, 5) is 4.16. The highest BCUT2D eigenvalue weighted by Crippen LogP contribution is 1.90. The van der Waals surface area contributed by atoms with Gasteiger partial charge in [-0.05, 0) is 13.8 Å². The molecule has 54 valence electrons. The van der Waals surface area contributed by atoms with Crippen LogP contribution in [0.4, 0.5) is 0 Å². The highest BCUT2D eigenvalue weighted by Gasteiger charge is 2.01. The van der Waals surface area contributed by atoms with Crippen molar-refractivity contribution in [3.8, 4) is 0 Å². The van der Waals surface area contributed by atoms with Crippen molar-refractivity contribution >= 4 is 0 Å². The van der Waals surface area contributed by atoms with E-state index in [9.17, 15) is 0 Å². The van der Waals surface area contributed by atoms with Gasteiger partial charge in [-0.1, -0.05) is 4.98 Å². The van der Waals surface area contributed by atoms with E-state index in [1.54, 1.807) is 0 Å². The maximum atomic E-state index is 4.16. The third-order valence-corrected chi connectivity index (χ3v) is 1.48. The van der Waals surface area contributed by atoms with Gasteiger partial charge in [0.25, 0.3) is 6.33 Å². The molecule has 0 saturated carbocycles. The summed E-state index contributed by atoms with van der Waals surface area (Å²) in [5, 5.41) is 0. The van der Waals surface area contributed by atoms with E-state index in [0.29, 0.717) is 6.04 Å². The van der Waals surface area contributed by atoms with Gasteiger partial charge in [-0.15, -0.1) is 0 Å². The number of aryl methyl sites for hydroxylation is 1. The summed E-state index contributed by atoms with van der Waals surface area (Å²) in [5.74, 6) is 0. The Bertz CT molecular complexity index is 201. The molecule has 0 aliphatic rings. The zero-order valence-electron chi connectivity index (χ0n) is 6.70. The first-order valence-corrected chi connectivity index (χ1v) is 3.53. The van der Waals surface area contributed by atoms with Crippen LogP contribution in [0.15, 0.2) is 18.6 Å². The Labute approximate surface area is 61.5 Å². The van der Waals surface area contributed by atoms with E-state index in [-0.39, 0.29) is 0 Å². The van der Waals surface area contributed by atoms with Crippen molar-refractivity contribution in [2.75, 3.05) is 0 Å². The van der Waals surface area contributed by atoms with Crippen LogP contribution in [0.3, 0.4) is 0 Å². The first kappa shape index (κ1) is 7.19. The maximum Gasteiger partial charge on any atom is 0.286 e. The fourth-order valence-electron chi connectivity index (χ4n) is 0.739. The predicted molar refractivity (Wildman–Crippen MR) is 39.6 cm³/mol. The van der Waals surface area contributed by atoms with E-state index in [1.165, 1.54) is 0 Å². The number of aromatic nitrogens is 2. The van der Waals surface area contributed by atoms with E-state index < -0.39 is 0 Å². The van der Waals surface area contributed by atoms with Crippen molar-refractivity contribution in [2.24, 2.45) is 0 Å². The molecular formula is C8H13N2+. The molecule has 0 unspecified atom stereocenters. The number of hydrogen-bond donors (Lipinski definition) is 0. The van der Waals surface area contributed by atoms with Gasteiger partial charge in [0.15, 0.2) is 5.69 Å². The average Bonchev–Trinajstić information content (AvgIpc) is 1.88. The Morgan fingerprint density at radius 1 is 1.50 bits per heavy atom. The monoisotopic (exact) mass is 137 g/mol. The zero-order valence-corrected chi connectivity index (χ0v) is 6.70. The number of rotatable bonds is 1. The molecule has 10 heavy (non-hydrogen) atoms. The van der Waals surface area contributed by atoms with Crippen molar-refractivity contribution < 1.29 is 4.57 Å². The molecule has 0 bridgehead atoms.